The van der Waals surface area contributed by atoms with Gasteiger partial charge in [0.05, 0.1) is 0 Å². The number of ketones is 1. The molecule has 0 aliphatic heterocycles. The lowest BCUT2D eigenvalue weighted by Crippen LogP contribution is -2.09. The Hall–Kier alpha value is -1.64. The lowest BCUT2D eigenvalue weighted by molar-refractivity contribution is -0.137. The van der Waals surface area contributed by atoms with Crippen LogP contribution in [0.2, 0.25) is 0 Å². The van der Waals surface area contributed by atoms with Crippen LogP contribution in [0.3, 0.4) is 0 Å². The van der Waals surface area contributed by atoms with Crippen LogP contribution >= 0.6 is 0 Å². The topological polar surface area (TPSA) is 54.4 Å². The third kappa shape index (κ3) is 4.19. The van der Waals surface area contributed by atoms with E-state index in [9.17, 15) is 9.59 Å². The van der Waals surface area contributed by atoms with Gasteiger partial charge in [0, 0.05) is 18.4 Å². The summed E-state index contributed by atoms with van der Waals surface area (Å²) in [4.78, 5) is 22.9. The molecule has 1 rings (SSSR count). The second-order valence-corrected chi connectivity index (χ2v) is 5.02. The van der Waals surface area contributed by atoms with Crippen LogP contribution in [0.5, 0.6) is 0 Å². The minimum absolute atomic E-state index is 0.0572. The van der Waals surface area contributed by atoms with E-state index in [0.29, 0.717) is 12.8 Å². The van der Waals surface area contributed by atoms with E-state index in [0.717, 1.165) is 36.0 Å². The number of hydrogen-bond donors (Lipinski definition) is 1. The first kappa shape index (κ1) is 16.4. The molecule has 0 atom stereocenters. The lowest BCUT2D eigenvalue weighted by atomic mass is 9.89. The fraction of sp³-hybridized carbons (Fsp3) is 0.529. The summed E-state index contributed by atoms with van der Waals surface area (Å²) in [6, 6.07) is 4.23. The molecule has 0 fully saturated rings. The number of hydrogen-bond acceptors (Lipinski definition) is 2. The summed E-state index contributed by atoms with van der Waals surface area (Å²) >= 11 is 0. The molecule has 0 aliphatic carbocycles. The average molecular weight is 276 g/mol. The average Bonchev–Trinajstić information content (AvgIpc) is 2.44. The summed E-state index contributed by atoms with van der Waals surface area (Å²) in [6.07, 6.45) is 3.42. The Labute approximate surface area is 121 Å². The van der Waals surface area contributed by atoms with Crippen molar-refractivity contribution in [2.24, 2.45) is 0 Å². The summed E-state index contributed by atoms with van der Waals surface area (Å²) in [7, 11) is 0. The van der Waals surface area contributed by atoms with Crippen LogP contribution in [0.15, 0.2) is 12.1 Å². The van der Waals surface area contributed by atoms with Crippen molar-refractivity contribution in [3.8, 4) is 0 Å². The number of carboxylic acids is 1. The predicted octanol–water partition coefficient (Wildman–Crippen LogP) is 3.81. The fourth-order valence-corrected chi connectivity index (χ4v) is 2.48. The number of carbonyl (C=O) groups excluding carboxylic acids is 1. The van der Waals surface area contributed by atoms with Gasteiger partial charge in [0.15, 0.2) is 5.78 Å². The molecule has 1 aromatic rings. The molecule has 3 heteroatoms. The summed E-state index contributed by atoms with van der Waals surface area (Å²) < 4.78 is 0. The molecule has 0 amide bonds. The third-order valence-corrected chi connectivity index (χ3v) is 3.60. The molecular weight excluding hydrogens is 252 g/mol. The molecule has 0 spiro atoms. The number of carboxylic acid groups (broad SMARTS) is 1. The van der Waals surface area contributed by atoms with E-state index < -0.39 is 5.97 Å². The van der Waals surface area contributed by atoms with Crippen molar-refractivity contribution < 1.29 is 14.7 Å². The minimum Gasteiger partial charge on any atom is -0.481 e. The van der Waals surface area contributed by atoms with Gasteiger partial charge in [-0.3, -0.25) is 9.59 Å². The first-order valence-corrected chi connectivity index (χ1v) is 7.43. The highest BCUT2D eigenvalue weighted by atomic mass is 16.4. The van der Waals surface area contributed by atoms with Gasteiger partial charge >= 0.3 is 5.97 Å². The zero-order valence-electron chi connectivity index (χ0n) is 12.7. The fourth-order valence-electron chi connectivity index (χ4n) is 2.48. The Balaban J connectivity index is 3.02. The van der Waals surface area contributed by atoms with Crippen LogP contribution in [0.4, 0.5) is 0 Å². The van der Waals surface area contributed by atoms with Crippen molar-refractivity contribution in [2.75, 3.05) is 0 Å². The zero-order valence-corrected chi connectivity index (χ0v) is 12.7. The molecule has 0 aliphatic rings. The number of aryl methyl sites for hydroxylation is 3. The van der Waals surface area contributed by atoms with Crippen LogP contribution < -0.4 is 0 Å². The first-order valence-electron chi connectivity index (χ1n) is 7.43. The van der Waals surface area contributed by atoms with Crippen molar-refractivity contribution in [1.29, 1.82) is 0 Å². The zero-order chi connectivity index (χ0) is 15.1. The number of carbonyl (C=O) groups is 2. The normalized spacial score (nSPS) is 10.6. The molecule has 0 saturated heterocycles. The highest BCUT2D eigenvalue weighted by Crippen LogP contribution is 2.22. The Morgan fingerprint density at radius 3 is 1.90 bits per heavy atom. The van der Waals surface area contributed by atoms with Crippen LogP contribution in [0.1, 0.15) is 67.1 Å². The monoisotopic (exact) mass is 276 g/mol. The van der Waals surface area contributed by atoms with Crippen LogP contribution in [0, 0.1) is 0 Å². The van der Waals surface area contributed by atoms with E-state index >= 15 is 0 Å². The van der Waals surface area contributed by atoms with Gasteiger partial charge in [-0.1, -0.05) is 32.9 Å². The highest BCUT2D eigenvalue weighted by molar-refractivity contribution is 5.99. The van der Waals surface area contributed by atoms with Gasteiger partial charge in [0.2, 0.25) is 0 Å². The molecule has 3 nitrogen and oxygen atoms in total. The Morgan fingerprint density at radius 2 is 1.50 bits per heavy atom. The van der Waals surface area contributed by atoms with Gasteiger partial charge in [-0.15, -0.1) is 0 Å². The van der Waals surface area contributed by atoms with Gasteiger partial charge in [0.25, 0.3) is 0 Å². The predicted molar refractivity (Wildman–Crippen MR) is 80.4 cm³/mol. The van der Waals surface area contributed by atoms with Gasteiger partial charge in [-0.05, 0) is 42.4 Å². The maximum absolute atomic E-state index is 12.4. The minimum atomic E-state index is -0.842. The van der Waals surface area contributed by atoms with Gasteiger partial charge in [-0.25, -0.2) is 0 Å². The number of rotatable bonds is 8. The van der Waals surface area contributed by atoms with E-state index in [-0.39, 0.29) is 12.2 Å². The highest BCUT2D eigenvalue weighted by Gasteiger charge is 2.16. The molecule has 110 valence electrons. The lowest BCUT2D eigenvalue weighted by Gasteiger charge is -2.14. The van der Waals surface area contributed by atoms with E-state index in [1.165, 1.54) is 5.56 Å². The van der Waals surface area contributed by atoms with E-state index in [2.05, 4.69) is 32.9 Å². The van der Waals surface area contributed by atoms with Crippen molar-refractivity contribution in [3.63, 3.8) is 0 Å². The Bertz CT molecular complexity index is 464. The summed E-state index contributed by atoms with van der Waals surface area (Å²) in [6.45, 7) is 6.23. The van der Waals surface area contributed by atoms with Crippen molar-refractivity contribution in [1.82, 2.24) is 0 Å². The molecule has 0 saturated carbocycles. The summed E-state index contributed by atoms with van der Waals surface area (Å²) in [5.41, 5.74) is 4.29. The number of aliphatic carboxylic acids is 1. The van der Waals surface area contributed by atoms with Gasteiger partial charge in [0.1, 0.15) is 0 Å². The van der Waals surface area contributed by atoms with E-state index in [4.69, 9.17) is 5.11 Å². The Morgan fingerprint density at radius 1 is 0.950 bits per heavy atom. The molecule has 1 aromatic carbocycles. The first-order chi connectivity index (χ1) is 9.53. The molecule has 20 heavy (non-hydrogen) atoms. The van der Waals surface area contributed by atoms with Crippen molar-refractivity contribution >= 4 is 11.8 Å². The molecule has 1 N–H and O–H groups in total. The molecule has 0 radical (unpaired) electrons. The summed E-state index contributed by atoms with van der Waals surface area (Å²) in [5.74, 6) is -0.756. The second-order valence-electron chi connectivity index (χ2n) is 5.02. The number of Topliss-reactive ketones (excluding diaryl/α,β-unsaturated/α-hetero) is 1. The standard InChI is InChI=1S/C17H24O3/c1-4-12-10-13(5-2)17(14(6-3)11-12)15(18)8-7-9-16(19)20/h10-11H,4-9H2,1-3H3,(H,19,20). The maximum atomic E-state index is 12.4. The SMILES string of the molecule is CCc1cc(CC)c(C(=O)CCCC(=O)O)c(CC)c1. The van der Waals surface area contributed by atoms with Crippen molar-refractivity contribution in [3.05, 3.63) is 34.4 Å². The van der Waals surface area contributed by atoms with E-state index in [1.807, 2.05) is 0 Å². The molecule has 0 aromatic heterocycles. The third-order valence-electron chi connectivity index (χ3n) is 3.60. The van der Waals surface area contributed by atoms with Gasteiger partial charge in [-0.2, -0.15) is 0 Å². The summed E-state index contributed by atoms with van der Waals surface area (Å²) in [5, 5.41) is 8.66. The molecule has 0 heterocycles. The van der Waals surface area contributed by atoms with Crippen LogP contribution in [0.25, 0.3) is 0 Å². The number of benzene rings is 1. The quantitative estimate of drug-likeness (QED) is 0.734. The molecular formula is C17H24O3. The van der Waals surface area contributed by atoms with E-state index in [1.54, 1.807) is 0 Å². The molecule has 0 unspecified atom stereocenters. The van der Waals surface area contributed by atoms with Crippen LogP contribution in [-0.4, -0.2) is 16.9 Å². The largest absolute Gasteiger partial charge is 0.481 e. The molecule has 0 bridgehead atoms. The van der Waals surface area contributed by atoms with Crippen LogP contribution in [-0.2, 0) is 24.1 Å². The second kappa shape index (κ2) is 7.83. The maximum Gasteiger partial charge on any atom is 0.303 e. The van der Waals surface area contributed by atoms with Gasteiger partial charge < -0.3 is 5.11 Å². The van der Waals surface area contributed by atoms with Crippen molar-refractivity contribution in [2.45, 2.75) is 59.3 Å². The Kier molecular flexibility index (Phi) is 6.43. The smallest absolute Gasteiger partial charge is 0.303 e.